The van der Waals surface area contributed by atoms with Gasteiger partial charge in [-0.15, -0.1) is 0 Å². The van der Waals surface area contributed by atoms with Gasteiger partial charge in [-0.1, -0.05) is 6.07 Å². The molecular weight excluding hydrogens is 232 g/mol. The highest BCUT2D eigenvalue weighted by atomic mass is 16.5. The van der Waals surface area contributed by atoms with E-state index in [0.717, 1.165) is 6.42 Å². The number of hydrogen-bond donors (Lipinski definition) is 2. The van der Waals surface area contributed by atoms with Crippen molar-refractivity contribution in [2.45, 2.75) is 25.5 Å². The normalized spacial score (nSPS) is 23.0. The summed E-state index contributed by atoms with van der Waals surface area (Å²) in [7, 11) is 1.87. The van der Waals surface area contributed by atoms with E-state index in [9.17, 15) is 9.90 Å². The predicted molar refractivity (Wildman–Crippen MR) is 70.0 cm³/mol. The summed E-state index contributed by atoms with van der Waals surface area (Å²) in [5.74, 6) is -0.962. The van der Waals surface area contributed by atoms with Crippen molar-refractivity contribution in [3.8, 4) is 0 Å². The highest BCUT2D eigenvalue weighted by molar-refractivity contribution is 5.98. The number of anilines is 2. The van der Waals surface area contributed by atoms with E-state index in [2.05, 4.69) is 0 Å². The van der Waals surface area contributed by atoms with Crippen LogP contribution in [-0.2, 0) is 4.74 Å². The lowest BCUT2D eigenvalue weighted by atomic mass is 10.1. The van der Waals surface area contributed by atoms with Gasteiger partial charge in [-0.3, -0.25) is 0 Å². The minimum Gasteiger partial charge on any atom is -0.478 e. The van der Waals surface area contributed by atoms with Crippen molar-refractivity contribution in [2.24, 2.45) is 0 Å². The maximum atomic E-state index is 11.3. The van der Waals surface area contributed by atoms with Gasteiger partial charge < -0.3 is 20.5 Å². The maximum absolute atomic E-state index is 11.3. The van der Waals surface area contributed by atoms with E-state index in [4.69, 9.17) is 10.5 Å². The number of ether oxygens (including phenoxy) is 1. The van der Waals surface area contributed by atoms with Gasteiger partial charge >= 0.3 is 5.97 Å². The van der Waals surface area contributed by atoms with E-state index in [1.165, 1.54) is 0 Å². The van der Waals surface area contributed by atoms with Crippen LogP contribution in [0.25, 0.3) is 0 Å². The molecule has 18 heavy (non-hydrogen) atoms. The van der Waals surface area contributed by atoms with Gasteiger partial charge in [0, 0.05) is 13.7 Å². The molecule has 0 saturated carbocycles. The van der Waals surface area contributed by atoms with Gasteiger partial charge in [0.15, 0.2) is 0 Å². The number of rotatable bonds is 3. The largest absolute Gasteiger partial charge is 0.478 e. The fraction of sp³-hybridized carbons (Fsp3) is 0.462. The van der Waals surface area contributed by atoms with Crippen molar-refractivity contribution in [1.82, 2.24) is 0 Å². The average molecular weight is 250 g/mol. The number of carbonyl (C=O) groups is 1. The number of likely N-dealkylation sites (N-methyl/N-ethyl adjacent to an activating group) is 1. The quantitative estimate of drug-likeness (QED) is 0.796. The summed E-state index contributed by atoms with van der Waals surface area (Å²) in [6, 6.07) is 5.11. The molecule has 0 aliphatic carbocycles. The summed E-state index contributed by atoms with van der Waals surface area (Å²) >= 11 is 0. The standard InChI is InChI=1S/C13H18N2O3/c1-8-11(6-7-18-8)15(2)12-9(13(16)17)4-3-5-10(12)14/h3-5,8,11H,6-7,14H2,1-2H3,(H,16,17). The van der Waals surface area contributed by atoms with Crippen LogP contribution in [0.3, 0.4) is 0 Å². The number of nitrogen functional groups attached to an aromatic ring is 1. The molecule has 1 fully saturated rings. The van der Waals surface area contributed by atoms with Crippen LogP contribution in [0.4, 0.5) is 11.4 Å². The molecule has 1 saturated heterocycles. The zero-order valence-electron chi connectivity index (χ0n) is 10.6. The second kappa shape index (κ2) is 4.86. The fourth-order valence-corrected chi connectivity index (χ4v) is 2.52. The molecule has 2 unspecified atom stereocenters. The Bertz CT molecular complexity index is 462. The Morgan fingerprint density at radius 3 is 2.83 bits per heavy atom. The van der Waals surface area contributed by atoms with E-state index in [0.29, 0.717) is 18.0 Å². The summed E-state index contributed by atoms with van der Waals surface area (Å²) in [6.07, 6.45) is 0.960. The molecule has 2 rings (SSSR count). The number of hydrogen-bond acceptors (Lipinski definition) is 4. The average Bonchev–Trinajstić information content (AvgIpc) is 2.74. The zero-order chi connectivity index (χ0) is 13.3. The van der Waals surface area contributed by atoms with E-state index >= 15 is 0 Å². The number of nitrogens with zero attached hydrogens (tertiary/aromatic N) is 1. The minimum atomic E-state index is -0.962. The van der Waals surface area contributed by atoms with Gasteiger partial charge in [-0.05, 0) is 25.5 Å². The van der Waals surface area contributed by atoms with E-state index in [1.807, 2.05) is 18.9 Å². The molecular formula is C13H18N2O3. The van der Waals surface area contributed by atoms with Gasteiger partial charge in [0.05, 0.1) is 29.1 Å². The number of aromatic carboxylic acids is 1. The lowest BCUT2D eigenvalue weighted by molar-refractivity contribution is 0.0697. The monoisotopic (exact) mass is 250 g/mol. The predicted octanol–water partition coefficient (Wildman–Crippen LogP) is 1.58. The lowest BCUT2D eigenvalue weighted by Crippen LogP contribution is -2.38. The first-order valence-corrected chi connectivity index (χ1v) is 5.98. The smallest absolute Gasteiger partial charge is 0.337 e. The van der Waals surface area contributed by atoms with Crippen molar-refractivity contribution in [3.05, 3.63) is 23.8 Å². The molecule has 98 valence electrons. The van der Waals surface area contributed by atoms with Crippen molar-refractivity contribution in [3.63, 3.8) is 0 Å². The summed E-state index contributed by atoms with van der Waals surface area (Å²) in [5.41, 5.74) is 7.22. The molecule has 0 spiro atoms. The summed E-state index contributed by atoms with van der Waals surface area (Å²) < 4.78 is 5.52. The third-order valence-electron chi connectivity index (χ3n) is 3.48. The van der Waals surface area contributed by atoms with Crippen LogP contribution in [0.2, 0.25) is 0 Å². The van der Waals surface area contributed by atoms with Gasteiger partial charge in [0.2, 0.25) is 0 Å². The second-order valence-electron chi connectivity index (χ2n) is 4.59. The fourth-order valence-electron chi connectivity index (χ4n) is 2.52. The van der Waals surface area contributed by atoms with Crippen molar-refractivity contribution >= 4 is 17.3 Å². The van der Waals surface area contributed by atoms with Gasteiger partial charge in [-0.2, -0.15) is 0 Å². The van der Waals surface area contributed by atoms with Crippen molar-refractivity contribution < 1.29 is 14.6 Å². The molecule has 1 aromatic rings. The molecule has 0 radical (unpaired) electrons. The molecule has 1 aliphatic rings. The Morgan fingerprint density at radius 2 is 2.28 bits per heavy atom. The summed E-state index contributed by atoms with van der Waals surface area (Å²) in [4.78, 5) is 13.2. The number of nitrogens with two attached hydrogens (primary N) is 1. The molecule has 2 atom stereocenters. The molecule has 1 heterocycles. The summed E-state index contributed by atoms with van der Waals surface area (Å²) in [5, 5.41) is 9.23. The van der Waals surface area contributed by atoms with Gasteiger partial charge in [-0.25, -0.2) is 4.79 Å². The van der Waals surface area contributed by atoms with Crippen LogP contribution < -0.4 is 10.6 Å². The first-order valence-electron chi connectivity index (χ1n) is 5.98. The highest BCUT2D eigenvalue weighted by Gasteiger charge is 2.30. The molecule has 5 heteroatoms. The lowest BCUT2D eigenvalue weighted by Gasteiger charge is -2.30. The molecule has 5 nitrogen and oxygen atoms in total. The molecule has 3 N–H and O–H groups in total. The Hall–Kier alpha value is -1.75. The molecule has 0 amide bonds. The number of carboxylic acids is 1. The number of benzene rings is 1. The van der Waals surface area contributed by atoms with Crippen LogP contribution in [0.5, 0.6) is 0 Å². The van der Waals surface area contributed by atoms with E-state index in [1.54, 1.807) is 18.2 Å². The topological polar surface area (TPSA) is 75.8 Å². The number of carboxylic acid groups (broad SMARTS) is 1. The summed E-state index contributed by atoms with van der Waals surface area (Å²) in [6.45, 7) is 2.69. The Kier molecular flexibility index (Phi) is 3.43. The van der Waals surface area contributed by atoms with Crippen LogP contribution in [0, 0.1) is 0 Å². The molecule has 0 aromatic heterocycles. The first kappa shape index (κ1) is 12.7. The third-order valence-corrected chi connectivity index (χ3v) is 3.48. The van der Waals surface area contributed by atoms with Crippen molar-refractivity contribution in [1.29, 1.82) is 0 Å². The van der Waals surface area contributed by atoms with Crippen molar-refractivity contribution in [2.75, 3.05) is 24.3 Å². The molecule has 0 bridgehead atoms. The van der Waals surface area contributed by atoms with Crippen LogP contribution in [0.1, 0.15) is 23.7 Å². The second-order valence-corrected chi connectivity index (χ2v) is 4.59. The zero-order valence-corrected chi connectivity index (χ0v) is 10.6. The van der Waals surface area contributed by atoms with Crippen LogP contribution >= 0.6 is 0 Å². The first-order chi connectivity index (χ1) is 8.52. The minimum absolute atomic E-state index is 0.0799. The molecule has 1 aliphatic heterocycles. The SMILES string of the molecule is CC1OCCC1N(C)c1c(N)cccc1C(=O)O. The van der Waals surface area contributed by atoms with Gasteiger partial charge in [0.25, 0.3) is 0 Å². The Labute approximate surface area is 106 Å². The molecule has 1 aromatic carbocycles. The van der Waals surface area contributed by atoms with Gasteiger partial charge in [0.1, 0.15) is 0 Å². The van der Waals surface area contributed by atoms with E-state index in [-0.39, 0.29) is 17.7 Å². The number of para-hydroxylation sites is 1. The van der Waals surface area contributed by atoms with E-state index < -0.39 is 5.97 Å². The van der Waals surface area contributed by atoms with Crippen LogP contribution in [-0.4, -0.2) is 36.9 Å². The van der Waals surface area contributed by atoms with Crippen LogP contribution in [0.15, 0.2) is 18.2 Å². The highest BCUT2D eigenvalue weighted by Crippen LogP contribution is 2.32. The Balaban J connectivity index is 2.40. The third kappa shape index (κ3) is 2.13. The maximum Gasteiger partial charge on any atom is 0.337 e. The Morgan fingerprint density at radius 1 is 1.56 bits per heavy atom.